The van der Waals surface area contributed by atoms with Crippen LogP contribution < -0.4 is 0 Å². The maximum atomic E-state index is 11.6. The van der Waals surface area contributed by atoms with Crippen LogP contribution in [-0.2, 0) is 27.4 Å². The number of hydrogen-bond donors (Lipinski definition) is 0. The molecule has 1 amide bonds. The third-order valence-corrected chi connectivity index (χ3v) is 4.59. The lowest BCUT2D eigenvalue weighted by atomic mass is 10.1. The second kappa shape index (κ2) is 7.42. The average molecular weight is 322 g/mol. The fourth-order valence-electron chi connectivity index (χ4n) is 3.21. The van der Waals surface area contributed by atoms with Crippen LogP contribution in [0.25, 0.3) is 0 Å². The van der Waals surface area contributed by atoms with Crippen molar-refractivity contribution in [3.63, 3.8) is 0 Å². The lowest BCUT2D eigenvalue weighted by Crippen LogP contribution is -2.39. The van der Waals surface area contributed by atoms with E-state index in [2.05, 4.69) is 14.5 Å². The van der Waals surface area contributed by atoms with Crippen LogP contribution in [0.4, 0.5) is 0 Å². The molecule has 1 fully saturated rings. The van der Waals surface area contributed by atoms with Crippen molar-refractivity contribution in [1.29, 1.82) is 0 Å². The molecule has 1 aromatic heterocycles. The molecular weight excluding hydrogens is 296 g/mol. The number of hydrogen-bond acceptors (Lipinski definition) is 5. The van der Waals surface area contributed by atoms with Gasteiger partial charge < -0.3 is 18.9 Å². The highest BCUT2D eigenvalue weighted by molar-refractivity contribution is 5.76. The highest BCUT2D eigenvalue weighted by Crippen LogP contribution is 2.21. The largest absolute Gasteiger partial charge is 0.380 e. The third kappa shape index (κ3) is 4.10. The van der Waals surface area contributed by atoms with Gasteiger partial charge in [0.1, 0.15) is 12.4 Å². The molecule has 0 radical (unpaired) electrons. The molecule has 0 unspecified atom stereocenters. The maximum absolute atomic E-state index is 11.6. The molecule has 3 heterocycles. The molecule has 0 bridgehead atoms. The van der Waals surface area contributed by atoms with Gasteiger partial charge in [-0.05, 0) is 6.42 Å². The van der Waals surface area contributed by atoms with E-state index in [1.54, 1.807) is 19.0 Å². The summed E-state index contributed by atoms with van der Waals surface area (Å²) in [5.41, 5.74) is 0. The van der Waals surface area contributed by atoms with Crippen LogP contribution in [0.5, 0.6) is 0 Å². The fraction of sp³-hybridized carbons (Fsp3) is 0.750. The number of ether oxygens (including phenoxy) is 2. The zero-order chi connectivity index (χ0) is 16.2. The number of aromatic nitrogens is 2. The first-order valence-electron chi connectivity index (χ1n) is 8.23. The first-order chi connectivity index (χ1) is 11.1. The quantitative estimate of drug-likeness (QED) is 0.775. The molecule has 1 saturated heterocycles. The number of amides is 1. The number of carbonyl (C=O) groups excluding carboxylic acids is 1. The van der Waals surface area contributed by atoms with Crippen molar-refractivity contribution in [2.45, 2.75) is 25.6 Å². The summed E-state index contributed by atoms with van der Waals surface area (Å²) in [5, 5.41) is 0. The molecule has 2 atom stereocenters. The summed E-state index contributed by atoms with van der Waals surface area (Å²) in [5.74, 6) is 1.45. The smallest absolute Gasteiger partial charge is 0.248 e. The monoisotopic (exact) mass is 322 g/mol. The first-order valence-corrected chi connectivity index (χ1v) is 8.23. The van der Waals surface area contributed by atoms with E-state index >= 15 is 0 Å². The third-order valence-electron chi connectivity index (χ3n) is 4.59. The van der Waals surface area contributed by atoms with Gasteiger partial charge in [0.15, 0.2) is 0 Å². The van der Waals surface area contributed by atoms with E-state index in [0.29, 0.717) is 18.6 Å². The SMILES string of the molecule is CN(C)C(=O)COC[C@H]1CN([C@@H]2CCOC2)Cc2nccn2C1. The normalized spacial score (nSPS) is 25.1. The Balaban J connectivity index is 1.61. The van der Waals surface area contributed by atoms with Crippen molar-refractivity contribution in [2.75, 3.05) is 47.1 Å². The second-order valence-electron chi connectivity index (χ2n) is 6.61. The van der Waals surface area contributed by atoms with Crippen molar-refractivity contribution >= 4 is 5.91 Å². The molecule has 0 aliphatic carbocycles. The predicted molar refractivity (Wildman–Crippen MR) is 84.9 cm³/mol. The van der Waals surface area contributed by atoms with Gasteiger partial charge >= 0.3 is 0 Å². The topological polar surface area (TPSA) is 59.8 Å². The Kier molecular flexibility index (Phi) is 5.30. The number of likely N-dealkylation sites (N-methyl/N-ethyl adjacent to an activating group) is 1. The van der Waals surface area contributed by atoms with Crippen LogP contribution in [0.3, 0.4) is 0 Å². The molecule has 2 aliphatic rings. The van der Waals surface area contributed by atoms with Crippen LogP contribution in [0.1, 0.15) is 12.2 Å². The molecule has 0 spiro atoms. The molecule has 128 valence electrons. The Hall–Kier alpha value is -1.44. The Labute approximate surface area is 137 Å². The number of imidazole rings is 1. The molecule has 0 saturated carbocycles. The number of nitrogens with zero attached hydrogens (tertiary/aromatic N) is 4. The second-order valence-corrected chi connectivity index (χ2v) is 6.61. The molecule has 2 aliphatic heterocycles. The molecular formula is C16H26N4O3. The van der Waals surface area contributed by atoms with Crippen LogP contribution in [0.2, 0.25) is 0 Å². The van der Waals surface area contributed by atoms with Crippen molar-refractivity contribution in [1.82, 2.24) is 19.4 Å². The number of fused-ring (bicyclic) bond motifs is 1. The van der Waals surface area contributed by atoms with E-state index in [0.717, 1.165) is 45.1 Å². The average Bonchev–Trinajstić information content (AvgIpc) is 3.16. The fourth-order valence-corrected chi connectivity index (χ4v) is 3.21. The molecule has 7 nitrogen and oxygen atoms in total. The van der Waals surface area contributed by atoms with Gasteiger partial charge in [0.25, 0.3) is 0 Å². The van der Waals surface area contributed by atoms with Crippen molar-refractivity contribution < 1.29 is 14.3 Å². The van der Waals surface area contributed by atoms with Gasteiger partial charge in [-0.1, -0.05) is 0 Å². The minimum Gasteiger partial charge on any atom is -0.380 e. The highest BCUT2D eigenvalue weighted by Gasteiger charge is 2.29. The van der Waals surface area contributed by atoms with Crippen molar-refractivity contribution in [3.8, 4) is 0 Å². The van der Waals surface area contributed by atoms with Crippen LogP contribution in [0, 0.1) is 5.92 Å². The lowest BCUT2D eigenvalue weighted by molar-refractivity contribution is -0.134. The van der Waals surface area contributed by atoms with Gasteiger partial charge in [-0.15, -0.1) is 0 Å². The van der Waals surface area contributed by atoms with E-state index in [1.165, 1.54) is 0 Å². The lowest BCUT2D eigenvalue weighted by Gasteiger charge is -2.28. The van der Waals surface area contributed by atoms with Gasteiger partial charge in [-0.25, -0.2) is 4.98 Å². The summed E-state index contributed by atoms with van der Waals surface area (Å²) in [6.07, 6.45) is 4.97. The molecule has 0 N–H and O–H groups in total. The minimum absolute atomic E-state index is 0.00277. The summed E-state index contributed by atoms with van der Waals surface area (Å²) in [7, 11) is 3.49. The van der Waals surface area contributed by atoms with E-state index in [4.69, 9.17) is 9.47 Å². The van der Waals surface area contributed by atoms with Gasteiger partial charge in [0.05, 0.1) is 19.8 Å². The summed E-state index contributed by atoms with van der Waals surface area (Å²) in [4.78, 5) is 20.1. The Morgan fingerprint density at radius 1 is 1.48 bits per heavy atom. The highest BCUT2D eigenvalue weighted by atomic mass is 16.5. The molecule has 1 aromatic rings. The number of carbonyl (C=O) groups is 1. The van der Waals surface area contributed by atoms with Crippen LogP contribution >= 0.6 is 0 Å². The summed E-state index contributed by atoms with van der Waals surface area (Å²) < 4.78 is 13.4. The van der Waals surface area contributed by atoms with E-state index in [9.17, 15) is 4.79 Å². The van der Waals surface area contributed by atoms with E-state index in [-0.39, 0.29) is 12.5 Å². The summed E-state index contributed by atoms with van der Waals surface area (Å²) in [6.45, 7) is 5.06. The standard InChI is InChI=1S/C16H26N4O3/c1-18(2)16(21)12-23-10-13-7-19-5-4-17-15(19)9-20(8-13)14-3-6-22-11-14/h4-5,13-14H,3,6-12H2,1-2H3/t13-,14-/m1/s1. The van der Waals surface area contributed by atoms with Crippen LogP contribution in [-0.4, -0.2) is 78.4 Å². The number of rotatable bonds is 5. The Bertz CT molecular complexity index is 525. The summed E-state index contributed by atoms with van der Waals surface area (Å²) in [6, 6.07) is 0.462. The minimum atomic E-state index is 0.00277. The Morgan fingerprint density at radius 3 is 3.09 bits per heavy atom. The maximum Gasteiger partial charge on any atom is 0.248 e. The van der Waals surface area contributed by atoms with Gasteiger partial charge in [0.2, 0.25) is 5.91 Å². The van der Waals surface area contributed by atoms with Crippen LogP contribution in [0.15, 0.2) is 12.4 Å². The zero-order valence-electron chi connectivity index (χ0n) is 14.0. The van der Waals surface area contributed by atoms with Gasteiger partial charge in [-0.2, -0.15) is 0 Å². The van der Waals surface area contributed by atoms with Gasteiger partial charge in [-0.3, -0.25) is 9.69 Å². The molecule has 7 heteroatoms. The van der Waals surface area contributed by atoms with E-state index < -0.39 is 0 Å². The van der Waals surface area contributed by atoms with Gasteiger partial charge in [0, 0.05) is 58.1 Å². The van der Waals surface area contributed by atoms with E-state index in [1.807, 2.05) is 12.4 Å². The van der Waals surface area contributed by atoms with Crippen molar-refractivity contribution in [2.24, 2.45) is 5.92 Å². The Morgan fingerprint density at radius 2 is 2.35 bits per heavy atom. The zero-order valence-corrected chi connectivity index (χ0v) is 14.0. The predicted octanol–water partition coefficient (Wildman–Crippen LogP) is 0.209. The molecule has 23 heavy (non-hydrogen) atoms. The first kappa shape index (κ1) is 16.4. The van der Waals surface area contributed by atoms with Crippen molar-refractivity contribution in [3.05, 3.63) is 18.2 Å². The molecule has 0 aromatic carbocycles. The summed E-state index contributed by atoms with van der Waals surface area (Å²) >= 11 is 0. The molecule has 3 rings (SSSR count).